The number of carbonyl (C=O) groups excluding carboxylic acids is 1. The van der Waals surface area contributed by atoms with Crippen LogP contribution in [-0.2, 0) is 11.3 Å². The number of piperidine rings is 1. The number of carbonyl (C=O) groups is 1. The van der Waals surface area contributed by atoms with Crippen LogP contribution in [0.4, 0.5) is 5.69 Å². The van der Waals surface area contributed by atoms with Gasteiger partial charge in [0.15, 0.2) is 0 Å². The summed E-state index contributed by atoms with van der Waals surface area (Å²) in [4.78, 5) is 25.4. The third-order valence-corrected chi connectivity index (χ3v) is 4.77. The van der Waals surface area contributed by atoms with E-state index in [4.69, 9.17) is 0 Å². The molecular weight excluding hydrogens is 294 g/mol. The molecule has 122 valence electrons. The Morgan fingerprint density at radius 2 is 1.96 bits per heavy atom. The van der Waals surface area contributed by atoms with Gasteiger partial charge in [-0.2, -0.15) is 0 Å². The number of hydrogen-bond acceptors (Lipinski definition) is 3. The van der Waals surface area contributed by atoms with Crippen LogP contribution in [0, 0.1) is 10.1 Å². The highest BCUT2D eigenvalue weighted by Crippen LogP contribution is 2.27. The van der Waals surface area contributed by atoms with Gasteiger partial charge in [-0.15, -0.1) is 0 Å². The van der Waals surface area contributed by atoms with Gasteiger partial charge in [0.2, 0.25) is 5.91 Å². The molecule has 2 unspecified atom stereocenters. The second-order valence-corrected chi connectivity index (χ2v) is 6.34. The van der Waals surface area contributed by atoms with Gasteiger partial charge in [0.05, 0.1) is 15.8 Å². The Morgan fingerprint density at radius 3 is 2.61 bits per heavy atom. The number of benzene rings is 1. The summed E-state index contributed by atoms with van der Waals surface area (Å²) in [7, 11) is 0. The molecule has 23 heavy (non-hydrogen) atoms. The van der Waals surface area contributed by atoms with Crippen molar-refractivity contribution in [2.24, 2.45) is 0 Å². The van der Waals surface area contributed by atoms with Crippen molar-refractivity contribution in [3.8, 4) is 0 Å². The number of fused-ring (bicyclic) bond motifs is 1. The van der Waals surface area contributed by atoms with E-state index in [2.05, 4.69) is 13.8 Å². The second-order valence-electron chi connectivity index (χ2n) is 6.34. The molecule has 6 heteroatoms. The Bertz CT molecular complexity index is 743. The molecule has 2 atom stereocenters. The van der Waals surface area contributed by atoms with Gasteiger partial charge in [0.25, 0.3) is 5.69 Å². The number of hydrogen-bond donors (Lipinski definition) is 0. The summed E-state index contributed by atoms with van der Waals surface area (Å²) in [6.07, 6.45) is 4.99. The maximum atomic E-state index is 12.7. The molecule has 0 radical (unpaired) electrons. The minimum Gasteiger partial charge on any atom is -0.338 e. The van der Waals surface area contributed by atoms with Gasteiger partial charge < -0.3 is 9.47 Å². The Morgan fingerprint density at radius 1 is 1.26 bits per heavy atom. The first-order valence-corrected chi connectivity index (χ1v) is 8.02. The zero-order valence-corrected chi connectivity index (χ0v) is 13.4. The number of nitrogens with zero attached hydrogens (tertiary/aromatic N) is 3. The van der Waals surface area contributed by atoms with Crippen LogP contribution in [0.15, 0.2) is 30.5 Å². The predicted octanol–water partition coefficient (Wildman–Crippen LogP) is 3.34. The number of nitro groups is 1. The van der Waals surface area contributed by atoms with Crippen molar-refractivity contribution in [2.45, 2.75) is 51.7 Å². The Labute approximate surface area is 134 Å². The van der Waals surface area contributed by atoms with Gasteiger partial charge in [-0.3, -0.25) is 14.9 Å². The lowest BCUT2D eigenvalue weighted by Crippen LogP contribution is -2.48. The zero-order valence-electron chi connectivity index (χ0n) is 13.4. The average Bonchev–Trinajstić information content (AvgIpc) is 2.90. The quantitative estimate of drug-likeness (QED) is 0.644. The van der Waals surface area contributed by atoms with Crippen LogP contribution in [0.2, 0.25) is 0 Å². The van der Waals surface area contributed by atoms with Crippen LogP contribution in [0.5, 0.6) is 0 Å². The van der Waals surface area contributed by atoms with Crippen LogP contribution >= 0.6 is 0 Å². The lowest BCUT2D eigenvalue weighted by atomic mass is 9.97. The van der Waals surface area contributed by atoms with E-state index in [9.17, 15) is 14.9 Å². The molecule has 1 aliphatic heterocycles. The summed E-state index contributed by atoms with van der Waals surface area (Å²) in [5.74, 6) is 0.0775. The first kappa shape index (κ1) is 15.5. The monoisotopic (exact) mass is 315 g/mol. The van der Waals surface area contributed by atoms with Gasteiger partial charge in [-0.05, 0) is 45.2 Å². The normalized spacial score (nSPS) is 21.6. The second kappa shape index (κ2) is 6.02. The van der Waals surface area contributed by atoms with E-state index in [0.717, 1.165) is 24.8 Å². The van der Waals surface area contributed by atoms with Crippen molar-refractivity contribution in [3.05, 3.63) is 40.6 Å². The number of rotatable bonds is 3. The molecular formula is C17H21N3O3. The molecule has 0 aliphatic carbocycles. The van der Waals surface area contributed by atoms with Gasteiger partial charge >= 0.3 is 0 Å². The van der Waals surface area contributed by atoms with Crippen molar-refractivity contribution >= 4 is 22.5 Å². The zero-order chi connectivity index (χ0) is 16.6. The molecule has 1 fully saturated rings. The fourth-order valence-electron chi connectivity index (χ4n) is 3.64. The average molecular weight is 315 g/mol. The first-order valence-electron chi connectivity index (χ1n) is 8.02. The third-order valence-electron chi connectivity index (χ3n) is 4.77. The summed E-state index contributed by atoms with van der Waals surface area (Å²) < 4.78 is 1.80. The van der Waals surface area contributed by atoms with Crippen molar-refractivity contribution in [3.63, 3.8) is 0 Å². The summed E-state index contributed by atoms with van der Waals surface area (Å²) in [6.45, 7) is 4.40. The highest BCUT2D eigenvalue weighted by atomic mass is 16.6. The third kappa shape index (κ3) is 2.81. The number of likely N-dealkylation sites (tertiary alicyclic amines) is 1. The number of amides is 1. The summed E-state index contributed by atoms with van der Waals surface area (Å²) in [5.41, 5.74) is 0.804. The lowest BCUT2D eigenvalue weighted by Gasteiger charge is -2.39. The molecule has 0 bridgehead atoms. The highest BCUT2D eigenvalue weighted by Gasteiger charge is 2.29. The molecule has 2 heterocycles. The Balaban J connectivity index is 1.88. The van der Waals surface area contributed by atoms with Crippen LogP contribution in [0.25, 0.3) is 10.9 Å². The van der Waals surface area contributed by atoms with E-state index in [1.807, 2.05) is 11.0 Å². The number of nitro benzene ring substituents is 1. The minimum atomic E-state index is -0.386. The molecule has 3 rings (SSSR count). The lowest BCUT2D eigenvalue weighted by molar-refractivity contribution is -0.383. The van der Waals surface area contributed by atoms with Gasteiger partial charge in [0.1, 0.15) is 6.54 Å². The number of non-ortho nitro benzene ring substituents is 1. The Hall–Kier alpha value is -2.37. The van der Waals surface area contributed by atoms with Gasteiger partial charge in [-0.1, -0.05) is 6.07 Å². The molecule has 1 aliphatic rings. The van der Waals surface area contributed by atoms with Crippen molar-refractivity contribution in [1.29, 1.82) is 0 Å². The molecule has 0 N–H and O–H groups in total. The molecule has 0 spiro atoms. The van der Waals surface area contributed by atoms with E-state index < -0.39 is 0 Å². The van der Waals surface area contributed by atoms with E-state index >= 15 is 0 Å². The molecule has 6 nitrogen and oxygen atoms in total. The highest BCUT2D eigenvalue weighted by molar-refractivity contribution is 5.90. The van der Waals surface area contributed by atoms with E-state index in [1.54, 1.807) is 22.9 Å². The fourth-order valence-corrected chi connectivity index (χ4v) is 3.64. The standard InChI is InChI=1S/C17H21N3O3/c1-12-5-3-6-13(2)19(12)17(21)11-18-10-9-14-15(18)7-4-8-16(14)20(22)23/h4,7-10,12-13H,3,5-6,11H2,1-2H3. The van der Waals surface area contributed by atoms with Crippen LogP contribution in [0.3, 0.4) is 0 Å². The summed E-state index contributed by atoms with van der Waals surface area (Å²) >= 11 is 0. The molecule has 2 aromatic rings. The largest absolute Gasteiger partial charge is 0.338 e. The van der Waals surface area contributed by atoms with E-state index in [0.29, 0.717) is 5.39 Å². The Kier molecular flexibility index (Phi) is 4.07. The van der Waals surface area contributed by atoms with Crippen molar-refractivity contribution in [1.82, 2.24) is 9.47 Å². The van der Waals surface area contributed by atoms with E-state index in [1.165, 1.54) is 6.07 Å². The summed E-state index contributed by atoms with van der Waals surface area (Å²) in [5, 5.41) is 11.7. The molecule has 1 amide bonds. The molecule has 1 aromatic carbocycles. The topological polar surface area (TPSA) is 68.4 Å². The molecule has 1 saturated heterocycles. The van der Waals surface area contributed by atoms with Crippen LogP contribution in [-0.4, -0.2) is 32.4 Å². The smallest absolute Gasteiger partial charge is 0.278 e. The molecule has 0 saturated carbocycles. The van der Waals surface area contributed by atoms with Gasteiger partial charge in [-0.25, -0.2) is 0 Å². The number of aromatic nitrogens is 1. The fraction of sp³-hybridized carbons (Fsp3) is 0.471. The van der Waals surface area contributed by atoms with E-state index in [-0.39, 0.29) is 35.1 Å². The van der Waals surface area contributed by atoms with Crippen LogP contribution in [0.1, 0.15) is 33.1 Å². The summed E-state index contributed by atoms with van der Waals surface area (Å²) in [6, 6.07) is 7.18. The SMILES string of the molecule is CC1CCCC(C)N1C(=O)Cn1ccc2c([N+](=O)[O-])cccc21. The first-order chi connectivity index (χ1) is 11.0. The van der Waals surface area contributed by atoms with Crippen molar-refractivity contribution < 1.29 is 9.72 Å². The van der Waals surface area contributed by atoms with Gasteiger partial charge in [0, 0.05) is 24.3 Å². The van der Waals surface area contributed by atoms with Crippen LogP contribution < -0.4 is 0 Å². The maximum absolute atomic E-state index is 12.7. The predicted molar refractivity (Wildman–Crippen MR) is 88.2 cm³/mol. The minimum absolute atomic E-state index is 0.0772. The van der Waals surface area contributed by atoms with Crippen molar-refractivity contribution in [2.75, 3.05) is 0 Å². The molecule has 1 aromatic heterocycles. The maximum Gasteiger partial charge on any atom is 0.278 e.